The van der Waals surface area contributed by atoms with E-state index in [1.807, 2.05) is 0 Å². The van der Waals surface area contributed by atoms with Gasteiger partial charge in [-0.1, -0.05) is 15.9 Å². The van der Waals surface area contributed by atoms with Crippen molar-refractivity contribution in [3.8, 4) is 5.75 Å². The molecule has 0 amide bonds. The fraction of sp³-hybridized carbons (Fsp3) is 0. The lowest BCUT2D eigenvalue weighted by Gasteiger charge is -1.97. The summed E-state index contributed by atoms with van der Waals surface area (Å²) in [6.45, 7) is 1.14. The van der Waals surface area contributed by atoms with Gasteiger partial charge in [-0.2, -0.15) is 0 Å². The molecule has 0 N–H and O–H groups in total. The van der Waals surface area contributed by atoms with Crippen molar-refractivity contribution in [2.24, 2.45) is 0 Å². The zero-order valence-corrected chi connectivity index (χ0v) is 6.89. The molecule has 2 nitrogen and oxygen atoms in total. The van der Waals surface area contributed by atoms with Crippen molar-refractivity contribution in [1.82, 2.24) is 0 Å². The highest BCUT2D eigenvalue weighted by atomic mass is 79.9. The predicted molar refractivity (Wildman–Crippen MR) is 40.4 cm³/mol. The summed E-state index contributed by atoms with van der Waals surface area (Å²) in [5, 5.41) is 0. The molecule has 0 unspecified atom stereocenters. The Balaban J connectivity index is 2.98. The number of hydrogen-bond acceptors (Lipinski definition) is 2. The number of carbonyl (C=O) groups excluding carboxylic acids is 1. The first-order chi connectivity index (χ1) is 5.24. The summed E-state index contributed by atoms with van der Waals surface area (Å²) in [4.78, 5) is 9.69. The molecule has 1 aromatic rings. The van der Waals surface area contributed by atoms with E-state index in [0.717, 1.165) is 6.47 Å². The van der Waals surface area contributed by atoms with Crippen molar-refractivity contribution < 1.29 is 13.9 Å². The summed E-state index contributed by atoms with van der Waals surface area (Å²) in [6, 6.07) is 4.10. The Morgan fingerprint density at radius 1 is 1.55 bits per heavy atom. The summed E-state index contributed by atoms with van der Waals surface area (Å²) in [7, 11) is 0. The normalized spacial score (nSPS) is 9.27. The van der Waals surface area contributed by atoms with E-state index in [2.05, 4.69) is 20.7 Å². The average Bonchev–Trinajstić information content (AvgIpc) is 1.95. The van der Waals surface area contributed by atoms with Crippen molar-refractivity contribution >= 4 is 22.4 Å². The molecule has 57 valence electrons. The maximum Gasteiger partial charge on any atom is 0.423 e. The molecule has 0 aliphatic carbocycles. The second-order valence-electron chi connectivity index (χ2n) is 1.76. The molecule has 0 heterocycles. The van der Waals surface area contributed by atoms with Crippen LogP contribution in [0.4, 0.5) is 4.39 Å². The van der Waals surface area contributed by atoms with Crippen LogP contribution in [0.25, 0.3) is 0 Å². The highest BCUT2D eigenvalue weighted by molar-refractivity contribution is 9.10. The van der Waals surface area contributed by atoms with Crippen LogP contribution in [0.1, 0.15) is 0 Å². The van der Waals surface area contributed by atoms with Gasteiger partial charge in [-0.3, -0.25) is 0 Å². The van der Waals surface area contributed by atoms with E-state index in [9.17, 15) is 9.18 Å². The maximum absolute atomic E-state index is 12.7. The number of benzene rings is 1. The lowest BCUT2D eigenvalue weighted by molar-refractivity contribution is 0.423. The van der Waals surface area contributed by atoms with Gasteiger partial charge in [0.1, 0.15) is 0 Å². The van der Waals surface area contributed by atoms with Crippen LogP contribution in [0.2, 0.25) is 0 Å². The molecule has 0 saturated carbocycles. The van der Waals surface area contributed by atoms with Crippen LogP contribution >= 0.6 is 15.9 Å². The van der Waals surface area contributed by atoms with Crippen molar-refractivity contribution in [3.63, 3.8) is 0 Å². The molecule has 1 aromatic carbocycles. The summed E-state index contributed by atoms with van der Waals surface area (Å²) in [6.07, 6.45) is 0. The number of halogens is 2. The molecule has 11 heavy (non-hydrogen) atoms. The molecular formula is C7H3BrFO2. The zero-order chi connectivity index (χ0) is 8.27. The molecule has 0 saturated heterocycles. The van der Waals surface area contributed by atoms with Crippen LogP contribution in [0, 0.1) is 5.82 Å². The van der Waals surface area contributed by atoms with Gasteiger partial charge in [0.2, 0.25) is 0 Å². The smallest absolute Gasteiger partial charge is 0.415 e. The molecule has 1 radical (unpaired) electrons. The van der Waals surface area contributed by atoms with Gasteiger partial charge in [0.15, 0.2) is 11.6 Å². The molecule has 1 rings (SSSR count). The molecule has 0 aliphatic rings. The summed E-state index contributed by atoms with van der Waals surface area (Å²) in [5.74, 6) is -0.717. The zero-order valence-electron chi connectivity index (χ0n) is 5.30. The Hall–Kier alpha value is -0.900. The quantitative estimate of drug-likeness (QED) is 0.758. The molecule has 0 aliphatic heterocycles. The molecule has 0 aromatic heterocycles. The minimum absolute atomic E-state index is 0.122. The Labute approximate surface area is 71.1 Å². The first kappa shape index (κ1) is 8.20. The van der Waals surface area contributed by atoms with E-state index < -0.39 is 5.82 Å². The first-order valence-corrected chi connectivity index (χ1v) is 3.52. The Bertz CT molecular complexity index is 275. The number of hydrogen-bond donors (Lipinski definition) is 0. The van der Waals surface area contributed by atoms with Gasteiger partial charge < -0.3 is 4.74 Å². The van der Waals surface area contributed by atoms with E-state index in [0.29, 0.717) is 4.47 Å². The van der Waals surface area contributed by atoms with E-state index in [4.69, 9.17) is 0 Å². The second kappa shape index (κ2) is 3.48. The fourth-order valence-corrected chi connectivity index (χ4v) is 0.936. The number of ether oxygens (including phenoxy) is 1. The van der Waals surface area contributed by atoms with Gasteiger partial charge in [-0.15, -0.1) is 0 Å². The standard InChI is InChI=1S/C7H3BrFO2/c8-5-1-2-7(11-4-10)6(9)3-5/h1-3H. The Morgan fingerprint density at radius 2 is 2.27 bits per heavy atom. The molecule has 4 heteroatoms. The van der Waals surface area contributed by atoms with Crippen LogP contribution in [0.15, 0.2) is 22.7 Å². The molecule has 0 bridgehead atoms. The van der Waals surface area contributed by atoms with Gasteiger partial charge in [0.05, 0.1) is 0 Å². The fourth-order valence-electron chi connectivity index (χ4n) is 0.603. The third kappa shape index (κ3) is 2.01. The third-order valence-corrected chi connectivity index (χ3v) is 1.54. The molecule has 0 fully saturated rings. The van der Waals surface area contributed by atoms with Gasteiger partial charge in [-0.05, 0) is 18.2 Å². The summed E-state index contributed by atoms with van der Waals surface area (Å²) >= 11 is 3.05. The van der Waals surface area contributed by atoms with Crippen LogP contribution < -0.4 is 4.74 Å². The average molecular weight is 218 g/mol. The van der Waals surface area contributed by atoms with Crippen molar-refractivity contribution in [1.29, 1.82) is 0 Å². The van der Waals surface area contributed by atoms with Crippen molar-refractivity contribution in [2.75, 3.05) is 0 Å². The summed E-state index contributed by atoms with van der Waals surface area (Å²) in [5.41, 5.74) is 0. The SMILES string of the molecule is O=[C]Oc1ccc(Br)cc1F. The molecule has 0 spiro atoms. The van der Waals surface area contributed by atoms with Gasteiger partial charge in [-0.25, -0.2) is 9.18 Å². The van der Waals surface area contributed by atoms with Gasteiger partial charge >= 0.3 is 6.47 Å². The van der Waals surface area contributed by atoms with Crippen LogP contribution in [-0.2, 0) is 4.79 Å². The second-order valence-corrected chi connectivity index (χ2v) is 2.68. The monoisotopic (exact) mass is 217 g/mol. The third-order valence-electron chi connectivity index (χ3n) is 1.05. The van der Waals surface area contributed by atoms with E-state index >= 15 is 0 Å². The topological polar surface area (TPSA) is 26.3 Å². The van der Waals surface area contributed by atoms with E-state index in [1.165, 1.54) is 12.1 Å². The first-order valence-electron chi connectivity index (χ1n) is 2.73. The lowest BCUT2D eigenvalue weighted by Crippen LogP contribution is -1.91. The highest BCUT2D eigenvalue weighted by Crippen LogP contribution is 2.20. The number of rotatable bonds is 2. The Morgan fingerprint density at radius 3 is 2.82 bits per heavy atom. The van der Waals surface area contributed by atoms with Crippen LogP contribution in [0.3, 0.4) is 0 Å². The maximum atomic E-state index is 12.7. The summed E-state index contributed by atoms with van der Waals surface area (Å²) < 4.78 is 17.5. The minimum Gasteiger partial charge on any atom is -0.415 e. The van der Waals surface area contributed by atoms with Crippen molar-refractivity contribution in [3.05, 3.63) is 28.5 Å². The highest BCUT2D eigenvalue weighted by Gasteiger charge is 2.02. The Kier molecular flexibility index (Phi) is 2.59. The molecule has 0 atom stereocenters. The van der Waals surface area contributed by atoms with Gasteiger partial charge in [0, 0.05) is 4.47 Å². The van der Waals surface area contributed by atoms with Gasteiger partial charge in [0.25, 0.3) is 0 Å². The van der Waals surface area contributed by atoms with E-state index in [-0.39, 0.29) is 5.75 Å². The van der Waals surface area contributed by atoms with Crippen molar-refractivity contribution in [2.45, 2.75) is 0 Å². The molecular weight excluding hydrogens is 215 g/mol. The largest absolute Gasteiger partial charge is 0.423 e. The van der Waals surface area contributed by atoms with E-state index in [1.54, 1.807) is 6.07 Å². The minimum atomic E-state index is -0.595. The van der Waals surface area contributed by atoms with Crippen LogP contribution in [0.5, 0.6) is 5.75 Å². The predicted octanol–water partition coefficient (Wildman–Crippen LogP) is 2.03. The lowest BCUT2D eigenvalue weighted by atomic mass is 10.3. The van der Waals surface area contributed by atoms with Crippen LogP contribution in [-0.4, -0.2) is 6.47 Å².